The van der Waals surface area contributed by atoms with E-state index < -0.39 is 11.9 Å². The van der Waals surface area contributed by atoms with E-state index in [1.165, 1.54) is 0 Å². The second-order valence-corrected chi connectivity index (χ2v) is 5.90. The lowest BCUT2D eigenvalue weighted by molar-refractivity contribution is -0.139. The highest BCUT2D eigenvalue weighted by molar-refractivity contribution is 5.95. The summed E-state index contributed by atoms with van der Waals surface area (Å²) in [4.78, 5) is 12.7. The molecule has 0 bridgehead atoms. The fourth-order valence-corrected chi connectivity index (χ4v) is 3.33. The van der Waals surface area contributed by atoms with Gasteiger partial charge >= 0.3 is 5.97 Å². The molecule has 0 aromatic heterocycles. The monoisotopic (exact) mass is 348 g/mol. The van der Waals surface area contributed by atoms with Gasteiger partial charge in [-0.05, 0) is 23.3 Å². The zero-order valence-corrected chi connectivity index (χ0v) is 14.8. The molecule has 1 aliphatic heterocycles. The SMILES string of the molecule is CCOC(=O)C1=C(CC)OC(N)=C(C#N)C1c1cccc2ccccc12. The summed E-state index contributed by atoms with van der Waals surface area (Å²) in [5, 5.41) is 11.7. The van der Waals surface area contributed by atoms with E-state index in [-0.39, 0.29) is 18.1 Å². The number of esters is 1. The summed E-state index contributed by atoms with van der Waals surface area (Å²) >= 11 is 0. The molecule has 1 aliphatic rings. The Hall–Kier alpha value is -3.26. The largest absolute Gasteiger partial charge is 0.463 e. The van der Waals surface area contributed by atoms with Crippen LogP contribution in [0, 0.1) is 11.3 Å². The molecule has 5 nitrogen and oxygen atoms in total. The van der Waals surface area contributed by atoms with E-state index in [1.807, 2.05) is 49.4 Å². The van der Waals surface area contributed by atoms with Crippen LogP contribution in [0.2, 0.25) is 0 Å². The van der Waals surface area contributed by atoms with E-state index in [0.717, 1.165) is 16.3 Å². The average Bonchev–Trinajstić information content (AvgIpc) is 2.66. The number of nitrogens with zero attached hydrogens (tertiary/aromatic N) is 1. The van der Waals surface area contributed by atoms with Crippen LogP contribution in [0.15, 0.2) is 65.3 Å². The smallest absolute Gasteiger partial charge is 0.338 e. The fraction of sp³-hybridized carbons (Fsp3) is 0.238. The topological polar surface area (TPSA) is 85.3 Å². The summed E-state index contributed by atoms with van der Waals surface area (Å²) in [6, 6.07) is 15.8. The van der Waals surface area contributed by atoms with E-state index >= 15 is 0 Å². The maximum Gasteiger partial charge on any atom is 0.338 e. The number of rotatable bonds is 4. The molecule has 0 fully saturated rings. The molecular weight excluding hydrogens is 328 g/mol. The lowest BCUT2D eigenvalue weighted by atomic mass is 9.80. The minimum atomic E-state index is -0.617. The van der Waals surface area contributed by atoms with Crippen LogP contribution < -0.4 is 5.73 Å². The zero-order valence-electron chi connectivity index (χ0n) is 14.8. The van der Waals surface area contributed by atoms with Crippen molar-refractivity contribution in [1.82, 2.24) is 0 Å². The zero-order chi connectivity index (χ0) is 18.7. The highest BCUT2D eigenvalue weighted by Crippen LogP contribution is 2.42. The van der Waals surface area contributed by atoms with E-state index in [4.69, 9.17) is 15.2 Å². The molecule has 1 atom stereocenters. The summed E-state index contributed by atoms with van der Waals surface area (Å²) in [5.41, 5.74) is 7.41. The summed E-state index contributed by atoms with van der Waals surface area (Å²) in [6.07, 6.45) is 0.467. The third-order valence-corrected chi connectivity index (χ3v) is 4.45. The predicted molar refractivity (Wildman–Crippen MR) is 98.6 cm³/mol. The van der Waals surface area contributed by atoms with Gasteiger partial charge in [0, 0.05) is 6.42 Å². The van der Waals surface area contributed by atoms with Crippen molar-refractivity contribution >= 4 is 16.7 Å². The highest BCUT2D eigenvalue weighted by Gasteiger charge is 2.37. The summed E-state index contributed by atoms with van der Waals surface area (Å²) in [7, 11) is 0. The Kier molecular flexibility index (Phi) is 4.94. The van der Waals surface area contributed by atoms with Crippen molar-refractivity contribution in [2.45, 2.75) is 26.2 Å². The first-order valence-electron chi connectivity index (χ1n) is 8.57. The van der Waals surface area contributed by atoms with E-state index in [1.54, 1.807) is 6.92 Å². The van der Waals surface area contributed by atoms with Crippen LogP contribution in [0.1, 0.15) is 31.7 Å². The average molecular weight is 348 g/mol. The second-order valence-electron chi connectivity index (χ2n) is 5.90. The molecule has 132 valence electrons. The van der Waals surface area contributed by atoms with Gasteiger partial charge < -0.3 is 15.2 Å². The Balaban J connectivity index is 2.30. The maximum atomic E-state index is 12.7. The molecule has 1 heterocycles. The van der Waals surface area contributed by atoms with Crippen molar-refractivity contribution in [3.8, 4) is 6.07 Å². The van der Waals surface area contributed by atoms with Crippen LogP contribution in [0.5, 0.6) is 0 Å². The van der Waals surface area contributed by atoms with Crippen molar-refractivity contribution in [3.05, 3.63) is 70.8 Å². The van der Waals surface area contributed by atoms with Gasteiger partial charge in [0.2, 0.25) is 5.88 Å². The third kappa shape index (κ3) is 2.91. The first-order valence-corrected chi connectivity index (χ1v) is 8.57. The summed E-state index contributed by atoms with van der Waals surface area (Å²) in [6.45, 7) is 3.86. The van der Waals surface area contributed by atoms with Crippen LogP contribution in [0.3, 0.4) is 0 Å². The molecule has 0 aliphatic carbocycles. The van der Waals surface area contributed by atoms with Gasteiger partial charge in [0.15, 0.2) is 0 Å². The van der Waals surface area contributed by atoms with Gasteiger partial charge in [-0.3, -0.25) is 0 Å². The maximum absolute atomic E-state index is 12.7. The Morgan fingerprint density at radius 2 is 1.96 bits per heavy atom. The first kappa shape index (κ1) is 17.6. The van der Waals surface area contributed by atoms with Gasteiger partial charge in [0.1, 0.15) is 17.4 Å². The van der Waals surface area contributed by atoms with Crippen molar-refractivity contribution in [2.24, 2.45) is 5.73 Å². The fourth-order valence-electron chi connectivity index (χ4n) is 3.33. The number of hydrogen-bond acceptors (Lipinski definition) is 5. The molecule has 0 saturated carbocycles. The molecule has 26 heavy (non-hydrogen) atoms. The number of hydrogen-bond donors (Lipinski definition) is 1. The number of nitriles is 1. The molecule has 0 amide bonds. The molecular formula is C21H20N2O3. The molecule has 5 heteroatoms. The van der Waals surface area contributed by atoms with Crippen molar-refractivity contribution < 1.29 is 14.3 Å². The number of allylic oxidation sites excluding steroid dienone is 2. The first-order chi connectivity index (χ1) is 12.6. The molecule has 2 aromatic rings. The van der Waals surface area contributed by atoms with Crippen LogP contribution in [0.25, 0.3) is 10.8 Å². The van der Waals surface area contributed by atoms with Crippen molar-refractivity contribution in [2.75, 3.05) is 6.61 Å². The summed E-state index contributed by atoms with van der Waals surface area (Å²) in [5.74, 6) is -0.621. The van der Waals surface area contributed by atoms with E-state index in [2.05, 4.69) is 6.07 Å². The molecule has 0 radical (unpaired) electrons. The predicted octanol–water partition coefficient (Wildman–Crippen LogP) is 3.87. The molecule has 3 rings (SSSR count). The number of nitrogens with two attached hydrogens (primary N) is 1. The Morgan fingerprint density at radius 1 is 1.23 bits per heavy atom. The minimum Gasteiger partial charge on any atom is -0.463 e. The normalized spacial score (nSPS) is 17.0. The van der Waals surface area contributed by atoms with Crippen LogP contribution >= 0.6 is 0 Å². The van der Waals surface area contributed by atoms with E-state index in [0.29, 0.717) is 17.8 Å². The van der Waals surface area contributed by atoms with Gasteiger partial charge in [0.25, 0.3) is 0 Å². The standard InChI is InChI=1S/C21H20N2O3/c1-3-17-19(21(24)25-4-2)18(16(12-22)20(23)26-17)15-11-7-9-13-8-5-6-10-14(13)15/h5-11,18H,3-4,23H2,1-2H3. The number of fused-ring (bicyclic) bond motifs is 1. The lowest BCUT2D eigenvalue weighted by Gasteiger charge is -2.28. The Morgan fingerprint density at radius 3 is 2.65 bits per heavy atom. The van der Waals surface area contributed by atoms with E-state index in [9.17, 15) is 10.1 Å². The quantitative estimate of drug-likeness (QED) is 0.848. The van der Waals surface area contributed by atoms with Gasteiger partial charge in [-0.1, -0.05) is 49.4 Å². The Bertz CT molecular complexity index is 961. The lowest BCUT2D eigenvalue weighted by Crippen LogP contribution is -2.26. The number of carbonyl (C=O) groups is 1. The third-order valence-electron chi connectivity index (χ3n) is 4.45. The molecule has 1 unspecified atom stereocenters. The van der Waals surface area contributed by atoms with Crippen LogP contribution in [-0.4, -0.2) is 12.6 Å². The number of benzene rings is 2. The number of carbonyl (C=O) groups excluding carboxylic acids is 1. The van der Waals surface area contributed by atoms with Gasteiger partial charge in [0.05, 0.1) is 18.1 Å². The molecule has 0 spiro atoms. The number of ether oxygens (including phenoxy) is 2. The highest BCUT2D eigenvalue weighted by atomic mass is 16.5. The van der Waals surface area contributed by atoms with Crippen LogP contribution in [-0.2, 0) is 14.3 Å². The van der Waals surface area contributed by atoms with Crippen molar-refractivity contribution in [1.29, 1.82) is 5.26 Å². The molecule has 2 aromatic carbocycles. The van der Waals surface area contributed by atoms with Crippen molar-refractivity contribution in [3.63, 3.8) is 0 Å². The molecule has 2 N–H and O–H groups in total. The van der Waals surface area contributed by atoms with Gasteiger partial charge in [-0.2, -0.15) is 5.26 Å². The van der Waals surface area contributed by atoms with Gasteiger partial charge in [-0.15, -0.1) is 0 Å². The van der Waals surface area contributed by atoms with Gasteiger partial charge in [-0.25, -0.2) is 4.79 Å². The minimum absolute atomic E-state index is 0.0373. The molecule has 0 saturated heterocycles. The van der Waals surface area contributed by atoms with Crippen LogP contribution in [0.4, 0.5) is 0 Å². The summed E-state index contributed by atoms with van der Waals surface area (Å²) < 4.78 is 10.9. The Labute approximate surface area is 152 Å². The second kappa shape index (κ2) is 7.32.